The number of amides is 2. The number of carbonyl (C=O) groups is 2. The number of nitrogens with zero attached hydrogens (tertiary/aromatic N) is 3. The number of carbonyl (C=O) groups excluding carboxylic acids is 2. The molecule has 0 aliphatic carbocycles. The van der Waals surface area contributed by atoms with Crippen molar-refractivity contribution in [3.05, 3.63) is 63.6 Å². The maximum Gasteiger partial charge on any atom is 0.278 e. The van der Waals surface area contributed by atoms with E-state index >= 15 is 0 Å². The van der Waals surface area contributed by atoms with Gasteiger partial charge in [0, 0.05) is 48.9 Å². The highest BCUT2D eigenvalue weighted by Crippen LogP contribution is 2.40. The van der Waals surface area contributed by atoms with Crippen LogP contribution in [0, 0.1) is 12.3 Å². The lowest BCUT2D eigenvalue weighted by molar-refractivity contribution is 0.0103. The molecule has 3 heterocycles. The van der Waals surface area contributed by atoms with E-state index in [4.69, 9.17) is 0 Å². The monoisotopic (exact) mass is 352 g/mol. The second kappa shape index (κ2) is 6.09. The second-order valence-corrected chi connectivity index (χ2v) is 7.27. The highest BCUT2D eigenvalue weighted by molar-refractivity contribution is 5.95. The third kappa shape index (κ3) is 2.79. The number of hydrogen-bond acceptors (Lipinski definition) is 4. The first-order valence-electron chi connectivity index (χ1n) is 8.67. The Bertz CT molecular complexity index is 916. The molecule has 2 aromatic rings. The third-order valence-corrected chi connectivity index (χ3v) is 5.21. The predicted octanol–water partition coefficient (Wildman–Crippen LogP) is 1.07. The lowest BCUT2D eigenvalue weighted by Gasteiger charge is -2.47. The van der Waals surface area contributed by atoms with Crippen molar-refractivity contribution in [3.63, 3.8) is 0 Å². The summed E-state index contributed by atoms with van der Waals surface area (Å²) >= 11 is 0. The molecule has 4 rings (SSSR count). The summed E-state index contributed by atoms with van der Waals surface area (Å²) in [4.78, 5) is 40.5. The summed E-state index contributed by atoms with van der Waals surface area (Å²) in [6, 6.07) is 10.6. The van der Waals surface area contributed by atoms with Gasteiger partial charge in [0.1, 0.15) is 0 Å². The molecule has 1 aromatic heterocycles. The zero-order chi connectivity index (χ0) is 18.3. The van der Waals surface area contributed by atoms with Crippen molar-refractivity contribution in [2.75, 3.05) is 26.2 Å². The number of aryl methyl sites for hydroxylation is 1. The van der Waals surface area contributed by atoms with E-state index in [1.165, 1.54) is 6.07 Å². The van der Waals surface area contributed by atoms with Gasteiger partial charge < -0.3 is 9.80 Å². The van der Waals surface area contributed by atoms with E-state index in [-0.39, 0.29) is 28.4 Å². The smallest absolute Gasteiger partial charge is 0.278 e. The normalized spacial score (nSPS) is 18.0. The Kier molecular flexibility index (Phi) is 3.86. The highest BCUT2D eigenvalue weighted by atomic mass is 16.2. The lowest BCUT2D eigenvalue weighted by atomic mass is 9.79. The van der Waals surface area contributed by atoms with Gasteiger partial charge in [-0.15, -0.1) is 0 Å². The summed E-state index contributed by atoms with van der Waals surface area (Å²) in [5, 5.41) is 6.56. The summed E-state index contributed by atoms with van der Waals surface area (Å²) < 4.78 is 0. The first-order valence-corrected chi connectivity index (χ1v) is 8.67. The molecule has 0 unspecified atom stereocenters. The molecule has 2 aliphatic heterocycles. The minimum Gasteiger partial charge on any atom is -0.338 e. The van der Waals surface area contributed by atoms with Gasteiger partial charge in [0.2, 0.25) is 5.43 Å². The van der Waals surface area contributed by atoms with Gasteiger partial charge in [0.05, 0.1) is 0 Å². The molecule has 1 aromatic carbocycles. The van der Waals surface area contributed by atoms with Crippen molar-refractivity contribution >= 4 is 11.8 Å². The molecule has 0 radical (unpaired) electrons. The van der Waals surface area contributed by atoms with Crippen molar-refractivity contribution in [3.8, 4) is 0 Å². The zero-order valence-corrected chi connectivity index (χ0v) is 14.6. The van der Waals surface area contributed by atoms with Gasteiger partial charge in [-0.2, -0.15) is 5.10 Å². The Morgan fingerprint density at radius 2 is 1.77 bits per heavy atom. The Labute approximate surface area is 150 Å². The fourth-order valence-electron chi connectivity index (χ4n) is 3.84. The third-order valence-electron chi connectivity index (χ3n) is 5.21. The van der Waals surface area contributed by atoms with E-state index in [2.05, 4.69) is 10.2 Å². The average Bonchev–Trinajstić information content (AvgIpc) is 3.06. The minimum absolute atomic E-state index is 0.0314. The van der Waals surface area contributed by atoms with Crippen LogP contribution in [0.4, 0.5) is 0 Å². The SMILES string of the molecule is Cc1cc(=O)c(C(=O)N2CC3(CCN(C(=O)c4ccccc4)C3)C2)n[nH]1. The number of H-pyrrole nitrogens is 1. The Morgan fingerprint density at radius 3 is 2.46 bits per heavy atom. The van der Waals surface area contributed by atoms with Crippen LogP contribution in [-0.2, 0) is 0 Å². The molecule has 0 saturated carbocycles. The van der Waals surface area contributed by atoms with Gasteiger partial charge in [-0.25, -0.2) is 0 Å². The average molecular weight is 352 g/mol. The topological polar surface area (TPSA) is 86.4 Å². The Morgan fingerprint density at radius 1 is 1.08 bits per heavy atom. The first kappa shape index (κ1) is 16.5. The van der Waals surface area contributed by atoms with Crippen LogP contribution in [0.5, 0.6) is 0 Å². The van der Waals surface area contributed by atoms with Crippen molar-refractivity contribution < 1.29 is 9.59 Å². The van der Waals surface area contributed by atoms with E-state index < -0.39 is 0 Å². The molecule has 0 atom stereocenters. The number of likely N-dealkylation sites (tertiary alicyclic amines) is 2. The molecule has 2 saturated heterocycles. The predicted molar refractivity (Wildman–Crippen MR) is 94.9 cm³/mol. The first-order chi connectivity index (χ1) is 12.5. The maximum atomic E-state index is 12.6. The van der Waals surface area contributed by atoms with Crippen molar-refractivity contribution in [2.24, 2.45) is 5.41 Å². The van der Waals surface area contributed by atoms with Gasteiger partial charge >= 0.3 is 0 Å². The quantitative estimate of drug-likeness (QED) is 0.876. The second-order valence-electron chi connectivity index (χ2n) is 7.27. The highest BCUT2D eigenvalue weighted by Gasteiger charge is 2.50. The molecule has 0 bridgehead atoms. The Hall–Kier alpha value is -2.96. The van der Waals surface area contributed by atoms with Crippen LogP contribution in [0.3, 0.4) is 0 Å². The summed E-state index contributed by atoms with van der Waals surface area (Å²) in [6.45, 7) is 4.16. The van der Waals surface area contributed by atoms with Crippen LogP contribution in [0.15, 0.2) is 41.2 Å². The molecule has 1 N–H and O–H groups in total. The molecule has 134 valence electrons. The van der Waals surface area contributed by atoms with E-state index in [0.29, 0.717) is 37.4 Å². The van der Waals surface area contributed by atoms with Gasteiger partial charge in [-0.3, -0.25) is 19.5 Å². The summed E-state index contributed by atoms with van der Waals surface area (Å²) in [6.07, 6.45) is 0.868. The molecular formula is C19H20N4O3. The number of benzene rings is 1. The van der Waals surface area contributed by atoms with Crippen LogP contribution in [0.2, 0.25) is 0 Å². The van der Waals surface area contributed by atoms with Crippen LogP contribution in [0.1, 0.15) is 33.0 Å². The van der Waals surface area contributed by atoms with Crippen LogP contribution in [0.25, 0.3) is 0 Å². The van der Waals surface area contributed by atoms with Crippen molar-refractivity contribution in [1.82, 2.24) is 20.0 Å². The summed E-state index contributed by atoms with van der Waals surface area (Å²) in [5.74, 6) is -0.311. The summed E-state index contributed by atoms with van der Waals surface area (Å²) in [5.41, 5.74) is 0.822. The number of nitrogens with one attached hydrogen (secondary N) is 1. The molecule has 2 aliphatic rings. The zero-order valence-electron chi connectivity index (χ0n) is 14.6. The maximum absolute atomic E-state index is 12.6. The molecule has 7 heteroatoms. The molecular weight excluding hydrogens is 332 g/mol. The van der Waals surface area contributed by atoms with E-state index in [1.807, 2.05) is 35.2 Å². The summed E-state index contributed by atoms with van der Waals surface area (Å²) in [7, 11) is 0. The van der Waals surface area contributed by atoms with Gasteiger partial charge in [0.25, 0.3) is 11.8 Å². The van der Waals surface area contributed by atoms with Crippen molar-refractivity contribution in [1.29, 1.82) is 0 Å². The lowest BCUT2D eigenvalue weighted by Crippen LogP contribution is -2.60. The molecule has 26 heavy (non-hydrogen) atoms. The van der Waals surface area contributed by atoms with Gasteiger partial charge in [-0.05, 0) is 25.5 Å². The van der Waals surface area contributed by atoms with E-state index in [0.717, 1.165) is 6.42 Å². The van der Waals surface area contributed by atoms with Crippen molar-refractivity contribution in [2.45, 2.75) is 13.3 Å². The van der Waals surface area contributed by atoms with Crippen LogP contribution < -0.4 is 5.43 Å². The number of aromatic amines is 1. The standard InChI is InChI=1S/C19H20N4O3/c1-13-9-15(24)16(21-20-13)18(26)23-11-19(12-23)7-8-22(10-19)17(25)14-5-3-2-4-6-14/h2-6,9H,7-8,10-12H2,1H3,(H,20,24). The van der Waals surface area contributed by atoms with E-state index in [9.17, 15) is 14.4 Å². The molecule has 2 fully saturated rings. The molecule has 2 amide bonds. The minimum atomic E-state index is -0.362. The number of hydrogen-bond donors (Lipinski definition) is 1. The van der Waals surface area contributed by atoms with Gasteiger partial charge in [0.15, 0.2) is 5.69 Å². The van der Waals surface area contributed by atoms with E-state index in [1.54, 1.807) is 11.8 Å². The number of aromatic nitrogens is 2. The fraction of sp³-hybridized carbons (Fsp3) is 0.368. The van der Waals surface area contributed by atoms with Gasteiger partial charge in [-0.1, -0.05) is 18.2 Å². The largest absolute Gasteiger partial charge is 0.338 e. The number of rotatable bonds is 2. The molecule has 7 nitrogen and oxygen atoms in total. The van der Waals surface area contributed by atoms with Crippen LogP contribution >= 0.6 is 0 Å². The Balaban J connectivity index is 1.41. The molecule has 1 spiro atoms. The fourth-order valence-corrected chi connectivity index (χ4v) is 3.84. The van der Waals surface area contributed by atoms with Crippen LogP contribution in [-0.4, -0.2) is 58.0 Å².